The maximum atomic E-state index is 13.7. The quantitative estimate of drug-likeness (QED) is 0.351. The van der Waals surface area contributed by atoms with Crippen molar-refractivity contribution in [3.63, 3.8) is 0 Å². The van der Waals surface area contributed by atoms with Crippen molar-refractivity contribution in [3.05, 3.63) is 71.8 Å². The first kappa shape index (κ1) is 28.5. The second-order valence-corrected chi connectivity index (χ2v) is 10.1. The molecule has 2 unspecified atom stereocenters. The van der Waals surface area contributed by atoms with Crippen LogP contribution in [0.1, 0.15) is 44.9 Å². The molecule has 0 aliphatic rings. The molecule has 0 radical (unpaired) electrons. The summed E-state index contributed by atoms with van der Waals surface area (Å²) in [6.45, 7) is 7.70. The summed E-state index contributed by atoms with van der Waals surface area (Å²) in [6, 6.07) is 15.6. The summed E-state index contributed by atoms with van der Waals surface area (Å²) >= 11 is 0. The van der Waals surface area contributed by atoms with E-state index in [1.165, 1.54) is 17.9 Å². The molecule has 0 bridgehead atoms. The molecule has 0 heterocycles. The monoisotopic (exact) mass is 521 g/mol. The lowest BCUT2D eigenvalue weighted by Gasteiger charge is -2.33. The molecule has 2 atom stereocenters. The Morgan fingerprint density at radius 1 is 1.00 bits per heavy atom. The lowest BCUT2D eigenvalue weighted by atomic mass is 10.00. The van der Waals surface area contributed by atoms with E-state index in [4.69, 9.17) is 4.74 Å². The Hall–Kier alpha value is -4.11. The number of aliphatic hydroxyl groups is 1. The highest BCUT2D eigenvalue weighted by Crippen LogP contribution is 2.28. The van der Waals surface area contributed by atoms with E-state index in [2.05, 4.69) is 10.6 Å². The normalized spacial score (nSPS) is 12.9. The zero-order valence-corrected chi connectivity index (χ0v) is 22.3. The minimum atomic E-state index is -1.16. The minimum Gasteiger partial charge on any atom is -0.508 e. The summed E-state index contributed by atoms with van der Waals surface area (Å²) in [5.74, 6) is -1.06. The molecule has 9 heteroatoms. The average Bonchev–Trinajstić information content (AvgIpc) is 2.84. The molecule has 0 aliphatic heterocycles. The van der Waals surface area contributed by atoms with Crippen LogP contribution < -0.4 is 10.6 Å². The van der Waals surface area contributed by atoms with Gasteiger partial charge in [0, 0.05) is 12.2 Å². The first-order valence-corrected chi connectivity index (χ1v) is 12.4. The van der Waals surface area contributed by atoms with Crippen molar-refractivity contribution >= 4 is 34.4 Å². The van der Waals surface area contributed by atoms with Gasteiger partial charge in [-0.25, -0.2) is 4.79 Å². The number of phenols is 1. The summed E-state index contributed by atoms with van der Waals surface area (Å²) in [4.78, 5) is 40.8. The summed E-state index contributed by atoms with van der Waals surface area (Å²) in [5, 5.41) is 27.2. The van der Waals surface area contributed by atoms with Gasteiger partial charge in [-0.2, -0.15) is 0 Å². The van der Waals surface area contributed by atoms with Gasteiger partial charge in [0.1, 0.15) is 23.4 Å². The third kappa shape index (κ3) is 7.23. The Morgan fingerprint density at radius 2 is 1.68 bits per heavy atom. The number of hydrogen-bond donors (Lipinski definition) is 4. The average molecular weight is 522 g/mol. The van der Waals surface area contributed by atoms with Crippen molar-refractivity contribution in [2.45, 2.75) is 52.3 Å². The second-order valence-electron chi connectivity index (χ2n) is 10.1. The van der Waals surface area contributed by atoms with Crippen molar-refractivity contribution in [2.24, 2.45) is 0 Å². The maximum absolute atomic E-state index is 13.7. The van der Waals surface area contributed by atoms with E-state index in [0.717, 1.165) is 10.8 Å². The van der Waals surface area contributed by atoms with Gasteiger partial charge in [0.25, 0.3) is 5.91 Å². The van der Waals surface area contributed by atoms with Crippen LogP contribution in [0.15, 0.2) is 60.7 Å². The molecule has 0 saturated carbocycles. The molecule has 0 fully saturated rings. The standard InChI is InChI=1S/C29H35N3O6/c1-18-16-22(11-13-24(18)34)25(26(35)31-23-12-10-20-8-6-7-9-21(20)17-23)32(14-15-33)27(36)19(2)30-28(37)38-29(3,4)5/h6-13,16-17,19,25,33-34H,14-15H2,1-5H3,(H,30,37)(H,31,35). The largest absolute Gasteiger partial charge is 0.508 e. The number of nitrogens with one attached hydrogen (secondary N) is 2. The Bertz CT molecular complexity index is 1320. The predicted molar refractivity (Wildman–Crippen MR) is 146 cm³/mol. The smallest absolute Gasteiger partial charge is 0.408 e. The Balaban J connectivity index is 1.96. The number of nitrogens with zero attached hydrogens (tertiary/aromatic N) is 1. The summed E-state index contributed by atoms with van der Waals surface area (Å²) in [6.07, 6.45) is -0.778. The number of aromatic hydroxyl groups is 1. The number of phenolic OH excluding ortho intramolecular Hbond substituents is 1. The van der Waals surface area contributed by atoms with Crippen LogP contribution in [0.4, 0.5) is 10.5 Å². The van der Waals surface area contributed by atoms with Crippen LogP contribution in [0.3, 0.4) is 0 Å². The van der Waals surface area contributed by atoms with E-state index in [1.54, 1.807) is 45.9 Å². The van der Waals surface area contributed by atoms with E-state index < -0.39 is 42.2 Å². The molecular formula is C29H35N3O6. The number of anilines is 1. The van der Waals surface area contributed by atoms with Crippen LogP contribution >= 0.6 is 0 Å². The van der Waals surface area contributed by atoms with Crippen LogP contribution in [0, 0.1) is 6.92 Å². The highest BCUT2D eigenvalue weighted by molar-refractivity contribution is 6.00. The number of carbonyl (C=O) groups excluding carboxylic acids is 3. The van der Waals surface area contributed by atoms with E-state index in [-0.39, 0.29) is 12.3 Å². The lowest BCUT2D eigenvalue weighted by Crippen LogP contribution is -2.52. The van der Waals surface area contributed by atoms with E-state index in [9.17, 15) is 24.6 Å². The molecule has 9 nitrogen and oxygen atoms in total. The van der Waals surface area contributed by atoms with Gasteiger partial charge in [-0.15, -0.1) is 0 Å². The van der Waals surface area contributed by atoms with Gasteiger partial charge in [0.15, 0.2) is 0 Å². The number of fused-ring (bicyclic) bond motifs is 1. The molecule has 3 aromatic rings. The van der Waals surface area contributed by atoms with Crippen LogP contribution in [0.5, 0.6) is 5.75 Å². The van der Waals surface area contributed by atoms with E-state index >= 15 is 0 Å². The van der Waals surface area contributed by atoms with Crippen molar-refractivity contribution in [3.8, 4) is 5.75 Å². The number of amides is 3. The number of alkyl carbamates (subject to hydrolysis) is 1. The van der Waals surface area contributed by atoms with E-state index in [0.29, 0.717) is 16.8 Å². The van der Waals surface area contributed by atoms with Crippen molar-refractivity contribution in [1.82, 2.24) is 10.2 Å². The first-order chi connectivity index (χ1) is 17.9. The fourth-order valence-electron chi connectivity index (χ4n) is 4.07. The van der Waals surface area contributed by atoms with Gasteiger partial charge in [-0.3, -0.25) is 9.59 Å². The topological polar surface area (TPSA) is 128 Å². The molecule has 4 N–H and O–H groups in total. The Kier molecular flexibility index (Phi) is 8.96. The zero-order valence-electron chi connectivity index (χ0n) is 22.3. The van der Waals surface area contributed by atoms with Crippen molar-refractivity contribution in [2.75, 3.05) is 18.5 Å². The molecule has 3 aromatic carbocycles. The van der Waals surface area contributed by atoms with Crippen LogP contribution in [-0.4, -0.2) is 57.8 Å². The third-order valence-corrected chi connectivity index (χ3v) is 5.84. The van der Waals surface area contributed by atoms with Crippen LogP contribution in [0.2, 0.25) is 0 Å². The van der Waals surface area contributed by atoms with Gasteiger partial charge in [0.2, 0.25) is 5.91 Å². The molecule has 0 spiro atoms. The predicted octanol–water partition coefficient (Wildman–Crippen LogP) is 4.27. The number of aliphatic hydroxyl groups excluding tert-OH is 1. The number of ether oxygens (including phenoxy) is 1. The van der Waals surface area contributed by atoms with Gasteiger partial charge < -0.3 is 30.5 Å². The molecular weight excluding hydrogens is 486 g/mol. The Labute approximate surface area is 222 Å². The van der Waals surface area contributed by atoms with Crippen LogP contribution in [-0.2, 0) is 14.3 Å². The van der Waals surface area contributed by atoms with Gasteiger partial charge >= 0.3 is 6.09 Å². The molecule has 38 heavy (non-hydrogen) atoms. The molecule has 0 saturated heterocycles. The summed E-state index contributed by atoms with van der Waals surface area (Å²) in [5.41, 5.74) is 0.724. The minimum absolute atomic E-state index is 0.0439. The zero-order chi connectivity index (χ0) is 28.0. The number of carbonyl (C=O) groups is 3. The highest BCUT2D eigenvalue weighted by Gasteiger charge is 2.35. The number of benzene rings is 3. The number of hydrogen-bond acceptors (Lipinski definition) is 6. The SMILES string of the molecule is Cc1cc(C(C(=O)Nc2ccc3ccccc3c2)N(CCO)C(=O)C(C)NC(=O)OC(C)(C)C)ccc1O. The van der Waals surface area contributed by atoms with E-state index in [1.807, 2.05) is 36.4 Å². The van der Waals surface area contributed by atoms with Gasteiger partial charge in [-0.1, -0.05) is 36.4 Å². The fraction of sp³-hybridized carbons (Fsp3) is 0.345. The number of rotatable bonds is 8. The maximum Gasteiger partial charge on any atom is 0.408 e. The van der Waals surface area contributed by atoms with Crippen molar-refractivity contribution < 1.29 is 29.3 Å². The molecule has 0 aliphatic carbocycles. The summed E-state index contributed by atoms with van der Waals surface area (Å²) in [7, 11) is 0. The summed E-state index contributed by atoms with van der Waals surface area (Å²) < 4.78 is 5.26. The highest BCUT2D eigenvalue weighted by atomic mass is 16.6. The van der Waals surface area contributed by atoms with Crippen LogP contribution in [0.25, 0.3) is 10.8 Å². The fourth-order valence-corrected chi connectivity index (χ4v) is 4.07. The third-order valence-electron chi connectivity index (χ3n) is 5.84. The number of aryl methyl sites for hydroxylation is 1. The second kappa shape index (κ2) is 12.0. The molecule has 3 rings (SSSR count). The van der Waals surface area contributed by atoms with Crippen molar-refractivity contribution in [1.29, 1.82) is 0 Å². The van der Waals surface area contributed by atoms with Gasteiger partial charge in [-0.05, 0) is 80.8 Å². The van der Waals surface area contributed by atoms with Gasteiger partial charge in [0.05, 0.1) is 6.61 Å². The lowest BCUT2D eigenvalue weighted by molar-refractivity contribution is -0.141. The Morgan fingerprint density at radius 3 is 2.32 bits per heavy atom. The molecule has 3 amide bonds. The molecule has 0 aromatic heterocycles. The first-order valence-electron chi connectivity index (χ1n) is 12.4. The molecule has 202 valence electrons.